The smallest absolute Gasteiger partial charge is 0.406 e. The number of hydrogen-bond acceptors (Lipinski definition) is 4. The third-order valence-electron chi connectivity index (χ3n) is 2.25. The number of nitrogens with zero attached hydrogens (tertiary/aromatic N) is 2. The molecule has 0 bridgehead atoms. The molecular formula is C9H11F3N2O4. The van der Waals surface area contributed by atoms with Gasteiger partial charge in [0, 0.05) is 13.0 Å². The summed E-state index contributed by atoms with van der Waals surface area (Å²) in [6.45, 7) is -0.164. The highest BCUT2D eigenvalue weighted by atomic mass is 19.4. The molecule has 102 valence electrons. The Hall–Kier alpha value is -1.80. The van der Waals surface area contributed by atoms with Gasteiger partial charge in [-0.25, -0.2) is 4.79 Å². The quantitative estimate of drug-likeness (QED) is 0.810. The number of aliphatic carboxylic acids is 1. The minimum Gasteiger partial charge on any atom is -0.477 e. The molecule has 0 aromatic rings. The summed E-state index contributed by atoms with van der Waals surface area (Å²) in [5.74, 6) is -2.28. The number of carboxylic acid groups (broad SMARTS) is 1. The van der Waals surface area contributed by atoms with E-state index in [2.05, 4.69) is 9.99 Å². The number of oxime groups is 1. The fourth-order valence-electron chi connectivity index (χ4n) is 1.40. The lowest BCUT2D eigenvalue weighted by Crippen LogP contribution is -2.44. The zero-order valence-electron chi connectivity index (χ0n) is 9.40. The maximum atomic E-state index is 12.2. The van der Waals surface area contributed by atoms with Gasteiger partial charge in [0.25, 0.3) is 5.91 Å². The van der Waals surface area contributed by atoms with Crippen molar-refractivity contribution in [3.8, 4) is 0 Å². The maximum Gasteiger partial charge on any atom is 0.406 e. The Morgan fingerprint density at radius 3 is 2.56 bits per heavy atom. The molecule has 0 radical (unpaired) electrons. The molecule has 0 fully saturated rings. The van der Waals surface area contributed by atoms with Crippen LogP contribution in [0.15, 0.2) is 5.16 Å². The molecule has 1 atom stereocenters. The molecule has 9 heteroatoms. The molecule has 1 amide bonds. The fraction of sp³-hybridized carbons (Fsp3) is 0.667. The van der Waals surface area contributed by atoms with Crippen LogP contribution in [0.2, 0.25) is 0 Å². The number of carboxylic acids is 1. The van der Waals surface area contributed by atoms with E-state index in [1.54, 1.807) is 0 Å². The minimum absolute atomic E-state index is 0.152. The highest BCUT2D eigenvalue weighted by molar-refractivity contribution is 6.36. The van der Waals surface area contributed by atoms with Crippen molar-refractivity contribution in [1.29, 1.82) is 0 Å². The van der Waals surface area contributed by atoms with Gasteiger partial charge in [-0.1, -0.05) is 5.16 Å². The third-order valence-corrected chi connectivity index (χ3v) is 2.25. The highest BCUT2D eigenvalue weighted by Crippen LogP contribution is 2.19. The molecular weight excluding hydrogens is 257 g/mol. The van der Waals surface area contributed by atoms with Crippen LogP contribution in [0.1, 0.15) is 13.3 Å². The first-order chi connectivity index (χ1) is 8.24. The molecule has 0 saturated heterocycles. The minimum atomic E-state index is -4.51. The summed E-state index contributed by atoms with van der Waals surface area (Å²) in [6, 6.07) is 0. The van der Waals surface area contributed by atoms with E-state index in [9.17, 15) is 22.8 Å². The first-order valence-electron chi connectivity index (χ1n) is 5.06. The van der Waals surface area contributed by atoms with Crippen molar-refractivity contribution < 1.29 is 32.7 Å². The lowest BCUT2D eigenvalue weighted by molar-refractivity contribution is -0.167. The van der Waals surface area contributed by atoms with E-state index in [0.717, 1.165) is 0 Å². The number of likely N-dealkylation sites (N-methyl/N-ethyl adjacent to an activating group) is 1. The number of halogens is 3. The van der Waals surface area contributed by atoms with Crippen LogP contribution in [0.3, 0.4) is 0 Å². The van der Waals surface area contributed by atoms with E-state index in [4.69, 9.17) is 5.11 Å². The molecule has 1 aliphatic heterocycles. The number of amides is 1. The zero-order chi connectivity index (χ0) is 13.9. The van der Waals surface area contributed by atoms with Crippen LogP contribution < -0.4 is 0 Å². The number of rotatable bonds is 4. The largest absolute Gasteiger partial charge is 0.477 e. The summed E-state index contributed by atoms with van der Waals surface area (Å²) >= 11 is 0. The van der Waals surface area contributed by atoms with Crippen LogP contribution in [0.4, 0.5) is 13.2 Å². The van der Waals surface area contributed by atoms with Crippen molar-refractivity contribution in [2.24, 2.45) is 5.16 Å². The van der Waals surface area contributed by atoms with Crippen molar-refractivity contribution >= 4 is 17.6 Å². The molecule has 6 nitrogen and oxygen atoms in total. The molecule has 1 aliphatic rings. The van der Waals surface area contributed by atoms with Crippen LogP contribution in [0, 0.1) is 0 Å². The molecule has 0 spiro atoms. The predicted molar refractivity (Wildman–Crippen MR) is 52.9 cm³/mol. The first-order valence-corrected chi connectivity index (χ1v) is 5.06. The summed E-state index contributed by atoms with van der Waals surface area (Å²) in [6.07, 6.45) is -6.14. The van der Waals surface area contributed by atoms with Crippen molar-refractivity contribution in [3.05, 3.63) is 0 Å². The average molecular weight is 268 g/mol. The lowest BCUT2D eigenvalue weighted by Gasteiger charge is -2.24. The Bertz CT molecular complexity index is 380. The molecule has 1 rings (SSSR count). The Balaban J connectivity index is 2.62. The lowest BCUT2D eigenvalue weighted by atomic mass is 10.1. The van der Waals surface area contributed by atoms with Gasteiger partial charge >= 0.3 is 12.1 Å². The van der Waals surface area contributed by atoms with Crippen molar-refractivity contribution in [2.75, 3.05) is 13.1 Å². The second kappa shape index (κ2) is 5.23. The summed E-state index contributed by atoms with van der Waals surface area (Å²) in [7, 11) is 0. The summed E-state index contributed by atoms with van der Waals surface area (Å²) < 4.78 is 36.6. The molecule has 0 aromatic carbocycles. The van der Waals surface area contributed by atoms with Gasteiger partial charge < -0.3 is 14.8 Å². The van der Waals surface area contributed by atoms with E-state index in [0.29, 0.717) is 4.90 Å². The summed E-state index contributed by atoms with van der Waals surface area (Å²) in [5.41, 5.74) is -0.378. The van der Waals surface area contributed by atoms with E-state index in [-0.39, 0.29) is 18.7 Å². The standard InChI is InChI=1S/C9H11F3N2O4/c1-2-14(4-9(10,11)12)7(15)6-3-5(8(16)17)13-18-6/h6H,2-4H2,1H3,(H,16,17). The molecule has 0 saturated carbocycles. The normalized spacial score (nSPS) is 19.1. The number of carbonyl (C=O) groups excluding carboxylic acids is 1. The van der Waals surface area contributed by atoms with Crippen molar-refractivity contribution in [1.82, 2.24) is 4.90 Å². The molecule has 0 aromatic heterocycles. The number of carbonyl (C=O) groups is 2. The van der Waals surface area contributed by atoms with Crippen molar-refractivity contribution in [2.45, 2.75) is 25.6 Å². The van der Waals surface area contributed by atoms with Gasteiger partial charge in [0.15, 0.2) is 5.71 Å². The van der Waals surface area contributed by atoms with E-state index < -0.39 is 30.7 Å². The van der Waals surface area contributed by atoms with Gasteiger partial charge in [0.05, 0.1) is 0 Å². The second-order valence-corrected chi connectivity index (χ2v) is 3.61. The SMILES string of the molecule is CCN(CC(F)(F)F)C(=O)C1CC(C(=O)O)=NO1. The van der Waals surface area contributed by atoms with Crippen molar-refractivity contribution in [3.63, 3.8) is 0 Å². The Kier molecular flexibility index (Phi) is 4.15. The van der Waals surface area contributed by atoms with Gasteiger partial charge in [-0.2, -0.15) is 13.2 Å². The van der Waals surface area contributed by atoms with Crippen LogP contribution in [-0.2, 0) is 14.4 Å². The van der Waals surface area contributed by atoms with Crippen LogP contribution >= 0.6 is 0 Å². The number of hydrogen-bond donors (Lipinski definition) is 1. The summed E-state index contributed by atoms with van der Waals surface area (Å²) in [4.78, 5) is 27.3. The third kappa shape index (κ3) is 3.60. The van der Waals surface area contributed by atoms with Gasteiger partial charge in [-0.05, 0) is 6.92 Å². The Labute approximate surface area is 100.0 Å². The molecule has 18 heavy (non-hydrogen) atoms. The number of alkyl halides is 3. The fourth-order valence-corrected chi connectivity index (χ4v) is 1.40. The summed E-state index contributed by atoms with van der Waals surface area (Å²) in [5, 5.41) is 11.7. The van der Waals surface area contributed by atoms with E-state index in [1.165, 1.54) is 6.92 Å². The predicted octanol–water partition coefficient (Wildman–Crippen LogP) is 0.627. The van der Waals surface area contributed by atoms with Gasteiger partial charge in [-0.3, -0.25) is 4.79 Å². The average Bonchev–Trinajstić information content (AvgIpc) is 2.72. The van der Waals surface area contributed by atoms with Crippen LogP contribution in [0.25, 0.3) is 0 Å². The molecule has 0 aliphatic carbocycles. The van der Waals surface area contributed by atoms with E-state index in [1.807, 2.05) is 0 Å². The van der Waals surface area contributed by atoms with E-state index >= 15 is 0 Å². The van der Waals surface area contributed by atoms with Gasteiger partial charge in [0.2, 0.25) is 6.10 Å². The van der Waals surface area contributed by atoms with Gasteiger partial charge in [0.1, 0.15) is 6.54 Å². The van der Waals surface area contributed by atoms with Gasteiger partial charge in [-0.15, -0.1) is 0 Å². The van der Waals surface area contributed by atoms with Crippen LogP contribution in [0.5, 0.6) is 0 Å². The zero-order valence-corrected chi connectivity index (χ0v) is 9.40. The Morgan fingerprint density at radius 1 is 1.56 bits per heavy atom. The molecule has 1 unspecified atom stereocenters. The Morgan fingerprint density at radius 2 is 2.17 bits per heavy atom. The molecule has 1 heterocycles. The topological polar surface area (TPSA) is 79.2 Å². The van der Waals surface area contributed by atoms with Crippen LogP contribution in [-0.4, -0.2) is 53.0 Å². The highest BCUT2D eigenvalue weighted by Gasteiger charge is 2.38. The second-order valence-electron chi connectivity index (χ2n) is 3.61. The molecule has 1 N–H and O–H groups in total. The maximum absolute atomic E-state index is 12.2. The first kappa shape index (κ1) is 14.3. The monoisotopic (exact) mass is 268 g/mol.